The Balaban J connectivity index is 2.70. The van der Waals surface area contributed by atoms with Crippen LogP contribution in [0.4, 0.5) is 0 Å². The van der Waals surface area contributed by atoms with Crippen molar-refractivity contribution >= 4 is 34.9 Å². The molecular formula is C13H24N2OS2. The number of carbonyl (C=O) groups excluding carboxylic acids is 1. The van der Waals surface area contributed by atoms with E-state index in [0.29, 0.717) is 16.8 Å². The van der Waals surface area contributed by atoms with Crippen LogP contribution < -0.4 is 11.1 Å². The summed E-state index contributed by atoms with van der Waals surface area (Å²) in [6.07, 6.45) is 8.11. The van der Waals surface area contributed by atoms with Crippen LogP contribution in [0.1, 0.15) is 45.4 Å². The lowest BCUT2D eigenvalue weighted by Gasteiger charge is -2.30. The predicted molar refractivity (Wildman–Crippen MR) is 82.9 cm³/mol. The SMILES string of the molecule is CSC(C)CNC(=O)C1(C(N)=S)CCCCCC1. The molecular weight excluding hydrogens is 264 g/mol. The fourth-order valence-corrected chi connectivity index (χ4v) is 2.95. The fraction of sp³-hybridized carbons (Fsp3) is 0.846. The van der Waals surface area contributed by atoms with Gasteiger partial charge in [0, 0.05) is 11.8 Å². The van der Waals surface area contributed by atoms with E-state index in [4.69, 9.17) is 18.0 Å². The Bertz CT molecular complexity index is 299. The van der Waals surface area contributed by atoms with E-state index in [0.717, 1.165) is 25.7 Å². The molecule has 1 rings (SSSR count). The number of rotatable bonds is 5. The normalized spacial score (nSPS) is 20.8. The zero-order chi connectivity index (χ0) is 13.6. The van der Waals surface area contributed by atoms with Gasteiger partial charge < -0.3 is 11.1 Å². The molecule has 1 saturated carbocycles. The number of amides is 1. The zero-order valence-electron chi connectivity index (χ0n) is 11.3. The van der Waals surface area contributed by atoms with Crippen molar-refractivity contribution in [3.8, 4) is 0 Å². The molecule has 0 aromatic carbocycles. The molecule has 0 heterocycles. The number of thioether (sulfide) groups is 1. The van der Waals surface area contributed by atoms with Gasteiger partial charge in [-0.2, -0.15) is 11.8 Å². The van der Waals surface area contributed by atoms with Crippen molar-refractivity contribution in [2.45, 2.75) is 50.7 Å². The Morgan fingerprint density at radius 2 is 1.94 bits per heavy atom. The van der Waals surface area contributed by atoms with Crippen LogP contribution >= 0.6 is 24.0 Å². The highest BCUT2D eigenvalue weighted by molar-refractivity contribution is 7.99. The number of hydrogen-bond acceptors (Lipinski definition) is 3. The van der Waals surface area contributed by atoms with Gasteiger partial charge in [-0.25, -0.2) is 0 Å². The van der Waals surface area contributed by atoms with E-state index in [1.165, 1.54) is 12.8 Å². The molecule has 1 aliphatic rings. The molecule has 0 radical (unpaired) electrons. The highest BCUT2D eigenvalue weighted by Gasteiger charge is 2.41. The maximum atomic E-state index is 12.4. The van der Waals surface area contributed by atoms with Gasteiger partial charge in [-0.15, -0.1) is 0 Å². The smallest absolute Gasteiger partial charge is 0.233 e. The van der Waals surface area contributed by atoms with Crippen LogP contribution in [-0.4, -0.2) is 28.9 Å². The Hall–Kier alpha value is -0.290. The predicted octanol–water partition coefficient (Wildman–Crippen LogP) is 2.48. The van der Waals surface area contributed by atoms with Crippen LogP contribution in [0.15, 0.2) is 0 Å². The molecule has 1 atom stereocenters. The minimum absolute atomic E-state index is 0.0396. The summed E-state index contributed by atoms with van der Waals surface area (Å²) in [5.74, 6) is 0.0396. The molecule has 1 unspecified atom stereocenters. The van der Waals surface area contributed by atoms with E-state index in [1.54, 1.807) is 11.8 Å². The number of carbonyl (C=O) groups is 1. The molecule has 3 nitrogen and oxygen atoms in total. The van der Waals surface area contributed by atoms with E-state index >= 15 is 0 Å². The van der Waals surface area contributed by atoms with Crippen LogP contribution in [0.5, 0.6) is 0 Å². The van der Waals surface area contributed by atoms with Gasteiger partial charge in [0.05, 0.1) is 10.4 Å². The topological polar surface area (TPSA) is 55.1 Å². The Kier molecular flexibility index (Phi) is 6.43. The first kappa shape index (κ1) is 15.8. The van der Waals surface area contributed by atoms with Gasteiger partial charge in [0.25, 0.3) is 0 Å². The van der Waals surface area contributed by atoms with Crippen molar-refractivity contribution in [1.82, 2.24) is 5.32 Å². The Morgan fingerprint density at radius 1 is 1.39 bits per heavy atom. The lowest BCUT2D eigenvalue weighted by atomic mass is 9.79. The summed E-state index contributed by atoms with van der Waals surface area (Å²) in [7, 11) is 0. The molecule has 104 valence electrons. The standard InChI is InChI=1S/C13H24N2OS2/c1-10(18-2)9-15-12(16)13(11(14)17)7-5-3-4-6-8-13/h10H,3-9H2,1-2H3,(H2,14,17)(H,15,16). The third-order valence-electron chi connectivity index (χ3n) is 3.82. The monoisotopic (exact) mass is 288 g/mol. The molecule has 1 fully saturated rings. The third kappa shape index (κ3) is 3.85. The molecule has 1 aliphatic carbocycles. The van der Waals surface area contributed by atoms with Crippen molar-refractivity contribution in [3.05, 3.63) is 0 Å². The lowest BCUT2D eigenvalue weighted by Crippen LogP contribution is -2.49. The summed E-state index contributed by atoms with van der Waals surface area (Å²) in [5, 5.41) is 3.45. The van der Waals surface area contributed by atoms with Crippen molar-refractivity contribution < 1.29 is 4.79 Å². The summed E-state index contributed by atoms with van der Waals surface area (Å²) in [6, 6.07) is 0. The van der Waals surface area contributed by atoms with Gasteiger partial charge in [-0.1, -0.05) is 44.8 Å². The van der Waals surface area contributed by atoms with Gasteiger partial charge in [-0.05, 0) is 19.1 Å². The summed E-state index contributed by atoms with van der Waals surface area (Å²) in [5.41, 5.74) is 5.28. The second-order valence-electron chi connectivity index (χ2n) is 5.12. The highest BCUT2D eigenvalue weighted by Crippen LogP contribution is 2.35. The number of nitrogens with one attached hydrogen (secondary N) is 1. The van der Waals surface area contributed by atoms with Crippen LogP contribution in [0.25, 0.3) is 0 Å². The molecule has 18 heavy (non-hydrogen) atoms. The molecule has 0 bridgehead atoms. The lowest BCUT2D eigenvalue weighted by molar-refractivity contribution is -0.128. The van der Waals surface area contributed by atoms with Crippen LogP contribution in [0.2, 0.25) is 0 Å². The Labute approximate surface area is 120 Å². The maximum Gasteiger partial charge on any atom is 0.233 e. The van der Waals surface area contributed by atoms with E-state index in [1.807, 2.05) is 6.26 Å². The average Bonchev–Trinajstić information content (AvgIpc) is 2.61. The molecule has 0 saturated heterocycles. The minimum Gasteiger partial charge on any atom is -0.392 e. The minimum atomic E-state index is -0.593. The number of thiocarbonyl (C=S) groups is 1. The molecule has 3 N–H and O–H groups in total. The van der Waals surface area contributed by atoms with Crippen LogP contribution in [0, 0.1) is 5.41 Å². The van der Waals surface area contributed by atoms with Crippen LogP contribution in [0.3, 0.4) is 0 Å². The second kappa shape index (κ2) is 7.34. The first-order chi connectivity index (χ1) is 8.53. The molecule has 0 aromatic heterocycles. The largest absolute Gasteiger partial charge is 0.392 e. The van der Waals surface area contributed by atoms with Crippen molar-refractivity contribution in [2.75, 3.05) is 12.8 Å². The fourth-order valence-electron chi connectivity index (χ4n) is 2.41. The van der Waals surface area contributed by atoms with Crippen molar-refractivity contribution in [1.29, 1.82) is 0 Å². The molecule has 0 aliphatic heterocycles. The van der Waals surface area contributed by atoms with E-state index < -0.39 is 5.41 Å². The van der Waals surface area contributed by atoms with E-state index in [2.05, 4.69) is 12.2 Å². The Morgan fingerprint density at radius 3 is 2.39 bits per heavy atom. The zero-order valence-corrected chi connectivity index (χ0v) is 13.0. The van der Waals surface area contributed by atoms with Gasteiger partial charge >= 0.3 is 0 Å². The summed E-state index contributed by atoms with van der Waals surface area (Å²) < 4.78 is 0. The van der Waals surface area contributed by atoms with Gasteiger partial charge in [-0.3, -0.25) is 4.79 Å². The first-order valence-electron chi connectivity index (χ1n) is 6.64. The molecule has 0 spiro atoms. The highest BCUT2D eigenvalue weighted by atomic mass is 32.2. The van der Waals surface area contributed by atoms with Gasteiger partial charge in [0.2, 0.25) is 5.91 Å². The summed E-state index contributed by atoms with van der Waals surface area (Å²) in [6.45, 7) is 2.79. The average molecular weight is 288 g/mol. The molecule has 5 heteroatoms. The van der Waals surface area contributed by atoms with E-state index in [-0.39, 0.29) is 5.91 Å². The van der Waals surface area contributed by atoms with E-state index in [9.17, 15) is 4.79 Å². The number of hydrogen-bond donors (Lipinski definition) is 2. The first-order valence-corrected chi connectivity index (χ1v) is 8.33. The molecule has 1 amide bonds. The van der Waals surface area contributed by atoms with Crippen molar-refractivity contribution in [3.63, 3.8) is 0 Å². The van der Waals surface area contributed by atoms with Gasteiger partial charge in [0.15, 0.2) is 0 Å². The second-order valence-corrected chi connectivity index (χ2v) is 6.83. The molecule has 0 aromatic rings. The quantitative estimate of drug-likeness (QED) is 0.603. The third-order valence-corrected chi connectivity index (χ3v) is 5.18. The van der Waals surface area contributed by atoms with Crippen LogP contribution in [-0.2, 0) is 4.79 Å². The maximum absolute atomic E-state index is 12.4. The summed E-state index contributed by atoms with van der Waals surface area (Å²) in [4.78, 5) is 12.8. The number of nitrogens with two attached hydrogens (primary N) is 1. The van der Waals surface area contributed by atoms with Crippen molar-refractivity contribution in [2.24, 2.45) is 11.1 Å². The van der Waals surface area contributed by atoms with Gasteiger partial charge in [0.1, 0.15) is 0 Å². The summed E-state index contributed by atoms with van der Waals surface area (Å²) >= 11 is 6.93.